The van der Waals surface area contributed by atoms with Crippen LogP contribution in [0.3, 0.4) is 0 Å². The average Bonchev–Trinajstić information content (AvgIpc) is 2.58. The van der Waals surface area contributed by atoms with Crippen molar-refractivity contribution in [2.75, 3.05) is 13.1 Å². The number of hydrogen-bond acceptors (Lipinski definition) is 6. The molecule has 0 heterocycles. The summed E-state index contributed by atoms with van der Waals surface area (Å²) < 4.78 is 27.0. The first-order valence-electron chi connectivity index (χ1n) is 8.32. The molecule has 9 nitrogen and oxygen atoms in total. The summed E-state index contributed by atoms with van der Waals surface area (Å²) in [5.41, 5.74) is 8.75. The van der Waals surface area contributed by atoms with Gasteiger partial charge in [-0.15, -0.1) is 0 Å². The second-order valence-electron chi connectivity index (χ2n) is 6.41. The summed E-state index contributed by atoms with van der Waals surface area (Å²) >= 11 is 0. The van der Waals surface area contributed by atoms with Crippen LogP contribution in [-0.4, -0.2) is 53.3 Å². The van der Waals surface area contributed by atoms with Gasteiger partial charge in [0.05, 0.1) is 17.0 Å². The molecule has 2 atom stereocenters. The second kappa shape index (κ2) is 15.1. The van der Waals surface area contributed by atoms with Gasteiger partial charge in [0.2, 0.25) is 10.0 Å². The predicted molar refractivity (Wildman–Crippen MR) is 96.4 cm³/mol. The average molecular weight is 840 g/mol. The molecule has 152 valence electrons. The van der Waals surface area contributed by atoms with Crippen LogP contribution in [0, 0.1) is 94.0 Å². The van der Waals surface area contributed by atoms with E-state index in [0.29, 0.717) is 6.42 Å². The van der Waals surface area contributed by atoms with E-state index < -0.39 is 28.5 Å². The van der Waals surface area contributed by atoms with Crippen molar-refractivity contribution < 1.29 is 112 Å². The quantitative estimate of drug-likeness (QED) is 0.142. The molecule has 0 aromatic heterocycles. The predicted octanol–water partition coefficient (Wildman–Crippen LogP) is 1.77. The van der Waals surface area contributed by atoms with Crippen molar-refractivity contribution in [3.63, 3.8) is 0 Å². The Balaban J connectivity index is 0. The van der Waals surface area contributed by atoms with E-state index in [4.69, 9.17) is 15.7 Å². The minimum atomic E-state index is -3.92. The van der Waals surface area contributed by atoms with E-state index >= 15 is 0 Å². The van der Waals surface area contributed by atoms with Crippen LogP contribution < -0.4 is 0 Å². The Morgan fingerprint density at radius 3 is 2.04 bits per heavy atom. The number of aliphatic hydroxyl groups excluding tert-OH is 2. The van der Waals surface area contributed by atoms with Gasteiger partial charge in [-0.25, -0.2) is 8.42 Å². The van der Waals surface area contributed by atoms with E-state index in [2.05, 4.69) is 10.0 Å². The molecular weight excluding hydrogens is 814 g/mol. The van der Waals surface area contributed by atoms with Crippen LogP contribution in [0.5, 0.6) is 0 Å². The van der Waals surface area contributed by atoms with Gasteiger partial charge < -0.3 is 15.3 Å². The molecule has 0 aliphatic rings. The molecule has 0 aliphatic carbocycles. The van der Waals surface area contributed by atoms with E-state index in [1.54, 1.807) is 6.92 Å². The number of benzene rings is 1. The molecule has 1 aromatic carbocycles. The molecule has 0 saturated carbocycles. The Morgan fingerprint density at radius 2 is 1.64 bits per heavy atom. The minimum Gasteiger partial charge on any atom is -0.391 e. The van der Waals surface area contributed by atoms with Gasteiger partial charge in [-0.2, -0.15) is 4.31 Å². The number of aliphatic hydroxyl groups is 3. The molecular formula is C16H26Ac2N4O5S. The fraction of sp³-hybridized carbons (Fsp3) is 0.625. The van der Waals surface area contributed by atoms with Crippen LogP contribution in [0.2, 0.25) is 0 Å². The Kier molecular flexibility index (Phi) is 16.9. The summed E-state index contributed by atoms with van der Waals surface area (Å²) in [4.78, 5) is 2.67. The first-order valence-corrected chi connectivity index (χ1v) is 9.76. The fourth-order valence-corrected chi connectivity index (χ4v) is 4.09. The zero-order valence-corrected chi connectivity index (χ0v) is 26.6. The molecule has 0 saturated heterocycles. The molecule has 0 fully saturated rings. The fourth-order valence-electron chi connectivity index (χ4n) is 2.47. The van der Waals surface area contributed by atoms with Gasteiger partial charge in [-0.3, -0.25) is 0 Å². The summed E-state index contributed by atoms with van der Waals surface area (Å²) in [6, 6.07) is 4.48. The minimum absolute atomic E-state index is 0. The molecule has 0 aliphatic heterocycles. The van der Waals surface area contributed by atoms with E-state index in [1.165, 1.54) is 24.3 Å². The smallest absolute Gasteiger partial charge is 0.243 e. The van der Waals surface area contributed by atoms with Gasteiger partial charge >= 0.3 is 0 Å². The molecule has 2 radical (unpaired) electrons. The molecule has 1 rings (SSSR count). The Bertz CT molecular complexity index is 725. The molecule has 0 amide bonds. The zero-order chi connectivity index (χ0) is 19.9. The normalized spacial score (nSPS) is 13.5. The van der Waals surface area contributed by atoms with E-state index in [1.807, 2.05) is 13.8 Å². The van der Waals surface area contributed by atoms with Crippen molar-refractivity contribution >= 4 is 10.0 Å². The van der Waals surface area contributed by atoms with Gasteiger partial charge in [0.15, 0.2) is 6.29 Å². The summed E-state index contributed by atoms with van der Waals surface area (Å²) in [5.74, 6) is 0.00931. The molecule has 1 aromatic rings. The Hall–Kier alpha value is 1.20. The van der Waals surface area contributed by atoms with Crippen LogP contribution in [0.4, 0.5) is 0 Å². The third-order valence-corrected chi connectivity index (χ3v) is 5.68. The van der Waals surface area contributed by atoms with Gasteiger partial charge in [-0.1, -0.05) is 38.0 Å². The van der Waals surface area contributed by atoms with Crippen molar-refractivity contribution in [1.29, 1.82) is 0 Å². The molecule has 0 bridgehead atoms. The number of rotatable bonds is 10. The van der Waals surface area contributed by atoms with Crippen molar-refractivity contribution in [3.8, 4) is 0 Å². The number of sulfonamides is 1. The molecule has 28 heavy (non-hydrogen) atoms. The van der Waals surface area contributed by atoms with Crippen LogP contribution in [0.1, 0.15) is 39.0 Å². The maximum absolute atomic E-state index is 12.9. The molecule has 12 heteroatoms. The van der Waals surface area contributed by atoms with Crippen LogP contribution in [0.25, 0.3) is 10.4 Å². The van der Waals surface area contributed by atoms with Crippen molar-refractivity contribution in [1.82, 2.24) is 4.31 Å². The topological polar surface area (TPSA) is 147 Å². The van der Waals surface area contributed by atoms with Gasteiger partial charge in [0, 0.05) is 112 Å². The van der Waals surface area contributed by atoms with E-state index in [-0.39, 0.29) is 118 Å². The Labute approximate surface area is 237 Å². The monoisotopic (exact) mass is 840 g/mol. The second-order valence-corrected chi connectivity index (χ2v) is 8.34. The number of azide groups is 1. The third-order valence-electron chi connectivity index (χ3n) is 3.84. The standard InChI is InChI=1S/C16H26N4O5S.2Ac/c1-4-14(18-19-17)15(21)10-20(9-11(2)3)26(24,25)13-7-5-12(6-8-13)16(22)23;;/h5-8,11,14-16,21-23H,4,9-10H2,1-3H3;;/t14-,15+;;/m0../s1. The van der Waals surface area contributed by atoms with Gasteiger partial charge in [0.25, 0.3) is 0 Å². The summed E-state index contributed by atoms with van der Waals surface area (Å²) in [6.07, 6.45) is -2.44. The molecule has 0 spiro atoms. The number of nitrogens with zero attached hydrogens (tertiary/aromatic N) is 4. The maximum atomic E-state index is 12.9. The van der Waals surface area contributed by atoms with Gasteiger partial charge in [0.1, 0.15) is 0 Å². The molecule has 3 N–H and O–H groups in total. The Morgan fingerprint density at radius 1 is 1.11 bits per heavy atom. The summed E-state index contributed by atoms with van der Waals surface area (Å²) in [6.45, 7) is 5.41. The largest absolute Gasteiger partial charge is 0.391 e. The van der Waals surface area contributed by atoms with Crippen molar-refractivity contribution in [3.05, 3.63) is 40.3 Å². The van der Waals surface area contributed by atoms with Crippen LogP contribution in [0.15, 0.2) is 34.3 Å². The number of hydrogen-bond donors (Lipinski definition) is 3. The van der Waals surface area contributed by atoms with Crippen LogP contribution in [-0.2, 0) is 10.0 Å². The first-order chi connectivity index (χ1) is 12.1. The van der Waals surface area contributed by atoms with Crippen LogP contribution >= 0.6 is 0 Å². The summed E-state index contributed by atoms with van der Waals surface area (Å²) in [5, 5.41) is 32.1. The van der Waals surface area contributed by atoms with Crippen molar-refractivity contribution in [2.24, 2.45) is 11.0 Å². The first kappa shape index (κ1) is 31.4. The van der Waals surface area contributed by atoms with E-state index in [0.717, 1.165) is 4.31 Å². The van der Waals surface area contributed by atoms with Gasteiger partial charge in [-0.05, 0) is 30.0 Å². The zero-order valence-electron chi connectivity index (χ0n) is 16.3. The summed E-state index contributed by atoms with van der Waals surface area (Å²) in [7, 11) is -3.92. The maximum Gasteiger partial charge on any atom is 0.243 e. The SMILES string of the molecule is CC[C@H](N=[N+]=[N-])[C@H](O)CN(CC(C)C)S(=O)(=O)c1ccc(C(O)O)cc1.[Ac].[Ac]. The molecule has 0 unspecified atom stereocenters. The van der Waals surface area contributed by atoms with Crippen molar-refractivity contribution in [2.45, 2.75) is 50.5 Å². The van der Waals surface area contributed by atoms with E-state index in [9.17, 15) is 13.5 Å². The third kappa shape index (κ3) is 9.56.